The van der Waals surface area contributed by atoms with E-state index in [1.165, 1.54) is 32.4 Å². The molecule has 0 bridgehead atoms. The molecule has 0 aliphatic rings. The van der Waals surface area contributed by atoms with Crippen LogP contribution < -0.4 is 0 Å². The van der Waals surface area contributed by atoms with Gasteiger partial charge >= 0.3 is 0 Å². The van der Waals surface area contributed by atoms with E-state index in [2.05, 4.69) is 0 Å². The zero-order chi connectivity index (χ0) is 18.8. The van der Waals surface area contributed by atoms with Crippen molar-refractivity contribution in [2.24, 2.45) is 0 Å². The third-order valence-electron chi connectivity index (χ3n) is 3.62. The molecule has 9 heteroatoms. The van der Waals surface area contributed by atoms with Gasteiger partial charge in [0.25, 0.3) is 0 Å². The van der Waals surface area contributed by atoms with Gasteiger partial charge in [0.05, 0.1) is 11.6 Å². The maximum absolute atomic E-state index is 13.9. The summed E-state index contributed by atoms with van der Waals surface area (Å²) < 4.78 is 41.7. The molecule has 0 fully saturated rings. The van der Waals surface area contributed by atoms with Gasteiger partial charge in [-0.05, 0) is 31.3 Å². The van der Waals surface area contributed by atoms with Gasteiger partial charge in [-0.25, -0.2) is 17.1 Å². The van der Waals surface area contributed by atoms with Crippen LogP contribution in [-0.4, -0.2) is 43.3 Å². The average Bonchev–Trinajstić information content (AvgIpc) is 2.53. The van der Waals surface area contributed by atoms with Gasteiger partial charge < -0.3 is 4.57 Å². The molecule has 0 N–H and O–H groups in total. The molecule has 0 unspecified atom stereocenters. The Labute approximate surface area is 157 Å². The molecule has 0 radical (unpaired) electrons. The van der Waals surface area contributed by atoms with E-state index in [0.29, 0.717) is 21.9 Å². The van der Waals surface area contributed by atoms with Crippen molar-refractivity contribution in [3.05, 3.63) is 57.6 Å². The van der Waals surface area contributed by atoms with Gasteiger partial charge in [-0.2, -0.15) is 0 Å². The van der Waals surface area contributed by atoms with Crippen molar-refractivity contribution >= 4 is 33.8 Å². The second kappa shape index (κ2) is 7.92. The van der Waals surface area contributed by atoms with E-state index in [0.717, 1.165) is 4.31 Å². The summed E-state index contributed by atoms with van der Waals surface area (Å²) in [4.78, 5) is 1.94. The molecule has 2 aromatic rings. The van der Waals surface area contributed by atoms with Crippen molar-refractivity contribution in [2.45, 2.75) is 18.1 Å². The van der Waals surface area contributed by atoms with Crippen LogP contribution in [0, 0.1) is 10.5 Å². The van der Waals surface area contributed by atoms with E-state index in [1.54, 1.807) is 34.7 Å². The first-order valence-electron chi connectivity index (χ1n) is 7.37. The molecule has 2 rings (SSSR count). The Hall–Kier alpha value is -1.32. The summed E-state index contributed by atoms with van der Waals surface area (Å²) in [5.41, 5.74) is 0.384. The van der Waals surface area contributed by atoms with Gasteiger partial charge in [0.2, 0.25) is 10.0 Å². The Kier molecular flexibility index (Phi) is 6.34. The van der Waals surface area contributed by atoms with Crippen molar-refractivity contribution in [3.8, 4) is 0 Å². The maximum Gasteiger partial charge on any atom is 0.244 e. The Morgan fingerprint density at radius 3 is 2.48 bits per heavy atom. The van der Waals surface area contributed by atoms with Crippen molar-refractivity contribution in [1.29, 1.82) is 0 Å². The summed E-state index contributed by atoms with van der Waals surface area (Å²) in [6.45, 7) is 0.554. The summed E-state index contributed by atoms with van der Waals surface area (Å²) in [5.74, 6) is -0.383. The van der Waals surface area contributed by atoms with E-state index in [1.807, 2.05) is 0 Å². The summed E-state index contributed by atoms with van der Waals surface area (Å²) >= 11 is 11.3. The standard InChI is InChI=1S/C16H19ClFN3O2S2/c1-19(2)25(22,23)12-7-8-16(24)21(9-12)11-20(3)10-13-14(17)5-4-6-15(13)18/h4-9H,10-11H2,1-3H3. The number of hydrogen-bond acceptors (Lipinski definition) is 4. The van der Waals surface area contributed by atoms with Crippen LogP contribution in [0.3, 0.4) is 0 Å². The molecule has 1 heterocycles. The van der Waals surface area contributed by atoms with Crippen molar-refractivity contribution < 1.29 is 12.8 Å². The second-order valence-electron chi connectivity index (χ2n) is 5.82. The van der Waals surface area contributed by atoms with E-state index in [9.17, 15) is 12.8 Å². The van der Waals surface area contributed by atoms with Gasteiger partial charge in [-0.3, -0.25) is 4.90 Å². The molecular weight excluding hydrogens is 385 g/mol. The Morgan fingerprint density at radius 1 is 1.20 bits per heavy atom. The van der Waals surface area contributed by atoms with E-state index < -0.39 is 10.0 Å². The number of hydrogen-bond donors (Lipinski definition) is 0. The van der Waals surface area contributed by atoms with Crippen LogP contribution >= 0.6 is 23.8 Å². The minimum Gasteiger partial charge on any atom is -0.324 e. The molecule has 0 aliphatic carbocycles. The SMILES string of the molecule is CN(Cc1c(F)cccc1Cl)Cn1cc(S(=O)(=O)N(C)C)ccc1=S. The average molecular weight is 404 g/mol. The van der Waals surface area contributed by atoms with Crippen LogP contribution in [0.5, 0.6) is 0 Å². The first-order valence-corrected chi connectivity index (χ1v) is 9.60. The zero-order valence-corrected chi connectivity index (χ0v) is 16.5. The van der Waals surface area contributed by atoms with Crippen molar-refractivity contribution in [1.82, 2.24) is 13.8 Å². The molecule has 0 spiro atoms. The molecule has 25 heavy (non-hydrogen) atoms. The van der Waals surface area contributed by atoms with Crippen LogP contribution in [0.4, 0.5) is 4.39 Å². The van der Waals surface area contributed by atoms with Gasteiger partial charge in [0.1, 0.15) is 10.5 Å². The van der Waals surface area contributed by atoms with E-state index in [4.69, 9.17) is 23.8 Å². The lowest BCUT2D eigenvalue weighted by Gasteiger charge is -2.21. The van der Waals surface area contributed by atoms with Gasteiger partial charge in [0, 0.05) is 37.4 Å². The highest BCUT2D eigenvalue weighted by Gasteiger charge is 2.18. The van der Waals surface area contributed by atoms with Crippen LogP contribution in [0.2, 0.25) is 5.02 Å². The summed E-state index contributed by atoms with van der Waals surface area (Å²) in [5, 5.41) is 0.347. The predicted octanol–water partition coefficient (Wildman–Crippen LogP) is 3.35. The first kappa shape index (κ1) is 20.0. The van der Waals surface area contributed by atoms with Crippen LogP contribution in [0.25, 0.3) is 0 Å². The van der Waals surface area contributed by atoms with Crippen molar-refractivity contribution in [2.75, 3.05) is 21.1 Å². The monoisotopic (exact) mass is 403 g/mol. The third-order valence-corrected chi connectivity index (χ3v) is 6.14. The third kappa shape index (κ3) is 4.65. The van der Waals surface area contributed by atoms with E-state index >= 15 is 0 Å². The zero-order valence-electron chi connectivity index (χ0n) is 14.1. The molecule has 136 valence electrons. The molecular formula is C16H19ClFN3O2S2. The maximum atomic E-state index is 13.9. The molecule has 1 aromatic carbocycles. The number of benzene rings is 1. The fraction of sp³-hybridized carbons (Fsp3) is 0.312. The summed E-state index contributed by atoms with van der Waals surface area (Å²) in [7, 11) is 1.15. The molecule has 5 nitrogen and oxygen atoms in total. The minimum atomic E-state index is -3.56. The van der Waals surface area contributed by atoms with Gasteiger partial charge in [-0.1, -0.05) is 29.9 Å². The van der Waals surface area contributed by atoms with Crippen LogP contribution in [-0.2, 0) is 23.2 Å². The predicted molar refractivity (Wildman–Crippen MR) is 99.0 cm³/mol. The van der Waals surface area contributed by atoms with Gasteiger partial charge in [0.15, 0.2) is 0 Å². The van der Waals surface area contributed by atoms with Crippen LogP contribution in [0.15, 0.2) is 41.4 Å². The summed E-state index contributed by atoms with van der Waals surface area (Å²) in [6.07, 6.45) is 1.48. The highest BCUT2D eigenvalue weighted by Crippen LogP contribution is 2.21. The largest absolute Gasteiger partial charge is 0.324 e. The Bertz CT molecular complexity index is 909. The Morgan fingerprint density at radius 2 is 1.88 bits per heavy atom. The lowest BCUT2D eigenvalue weighted by Crippen LogP contribution is -2.25. The molecule has 0 saturated carbocycles. The number of pyridine rings is 1. The first-order chi connectivity index (χ1) is 11.6. The number of halogens is 2. The fourth-order valence-corrected chi connectivity index (χ4v) is 3.57. The molecule has 0 aliphatic heterocycles. The minimum absolute atomic E-state index is 0.142. The Balaban J connectivity index is 2.27. The fourth-order valence-electron chi connectivity index (χ4n) is 2.25. The lowest BCUT2D eigenvalue weighted by molar-refractivity contribution is 0.254. The van der Waals surface area contributed by atoms with Crippen molar-refractivity contribution in [3.63, 3.8) is 0 Å². The molecule has 0 saturated heterocycles. The summed E-state index contributed by atoms with van der Waals surface area (Å²) in [6, 6.07) is 7.57. The quantitative estimate of drug-likeness (QED) is 0.694. The van der Waals surface area contributed by atoms with E-state index in [-0.39, 0.29) is 17.3 Å². The molecule has 1 aromatic heterocycles. The smallest absolute Gasteiger partial charge is 0.244 e. The highest BCUT2D eigenvalue weighted by atomic mass is 35.5. The second-order valence-corrected chi connectivity index (χ2v) is 8.79. The molecule has 0 atom stereocenters. The van der Waals surface area contributed by atoms with Gasteiger partial charge in [-0.15, -0.1) is 0 Å². The number of sulfonamides is 1. The number of rotatable bonds is 6. The topological polar surface area (TPSA) is 45.6 Å². The number of aromatic nitrogens is 1. The highest BCUT2D eigenvalue weighted by molar-refractivity contribution is 7.89. The normalized spacial score (nSPS) is 12.1. The number of nitrogens with zero attached hydrogens (tertiary/aromatic N) is 3. The molecule has 0 amide bonds. The lowest BCUT2D eigenvalue weighted by atomic mass is 10.2. The van der Waals surface area contributed by atoms with Crippen LogP contribution in [0.1, 0.15) is 5.56 Å².